The van der Waals surface area contributed by atoms with Gasteiger partial charge >= 0.3 is 0 Å². The van der Waals surface area contributed by atoms with E-state index in [1.807, 2.05) is 7.05 Å². The molecule has 0 spiro atoms. The summed E-state index contributed by atoms with van der Waals surface area (Å²) in [4.78, 5) is 0. The van der Waals surface area contributed by atoms with Crippen molar-refractivity contribution in [3.05, 3.63) is 0 Å². The normalized spacial score (nSPS) is 24.2. The van der Waals surface area contributed by atoms with Gasteiger partial charge in [0.1, 0.15) is 0 Å². The van der Waals surface area contributed by atoms with Gasteiger partial charge in [0, 0.05) is 11.5 Å². The summed E-state index contributed by atoms with van der Waals surface area (Å²) in [5.41, 5.74) is -0.187. The Morgan fingerprint density at radius 2 is 1.75 bits per heavy atom. The summed E-state index contributed by atoms with van der Waals surface area (Å²) in [6, 6.07) is 0.580. The van der Waals surface area contributed by atoms with E-state index >= 15 is 0 Å². The zero-order valence-corrected chi connectivity index (χ0v) is 7.71. The third kappa shape index (κ3) is 1.97. The third-order valence-electron chi connectivity index (χ3n) is 3.13. The van der Waals surface area contributed by atoms with Crippen molar-refractivity contribution in [1.82, 2.24) is 5.32 Å². The molecule has 1 fully saturated rings. The molecule has 1 rings (SSSR count). The molecular weight excluding hydrogens is 154 g/mol. The number of rotatable bonds is 3. The largest absolute Gasteiger partial charge is 0.396 e. The van der Waals surface area contributed by atoms with Crippen molar-refractivity contribution in [2.75, 3.05) is 20.3 Å². The smallest absolute Gasteiger partial charge is 0.0509 e. The topological polar surface area (TPSA) is 52.5 Å². The van der Waals surface area contributed by atoms with E-state index in [2.05, 4.69) is 5.32 Å². The Balaban J connectivity index is 2.42. The summed E-state index contributed by atoms with van der Waals surface area (Å²) in [5, 5.41) is 21.5. The number of aliphatic hydroxyl groups is 2. The van der Waals surface area contributed by atoms with Crippen LogP contribution in [0.5, 0.6) is 0 Å². The van der Waals surface area contributed by atoms with Gasteiger partial charge in [-0.05, 0) is 32.7 Å². The fourth-order valence-electron chi connectivity index (χ4n) is 1.89. The summed E-state index contributed by atoms with van der Waals surface area (Å²) in [7, 11) is 1.97. The number of hydrogen-bond donors (Lipinski definition) is 3. The highest BCUT2D eigenvalue weighted by atomic mass is 16.3. The average molecular weight is 173 g/mol. The van der Waals surface area contributed by atoms with Crippen molar-refractivity contribution in [3.8, 4) is 0 Å². The van der Waals surface area contributed by atoms with Crippen LogP contribution in [0.25, 0.3) is 0 Å². The van der Waals surface area contributed by atoms with Crippen LogP contribution in [0.3, 0.4) is 0 Å². The second kappa shape index (κ2) is 4.21. The Morgan fingerprint density at radius 1 is 1.25 bits per heavy atom. The summed E-state index contributed by atoms with van der Waals surface area (Å²) in [5.74, 6) is 0. The van der Waals surface area contributed by atoms with E-state index in [1.165, 1.54) is 0 Å². The predicted octanol–water partition coefficient (Wildman–Crippen LogP) is 0.119. The van der Waals surface area contributed by atoms with Crippen LogP contribution in [0.4, 0.5) is 0 Å². The van der Waals surface area contributed by atoms with Gasteiger partial charge in [0.25, 0.3) is 0 Å². The molecule has 1 saturated carbocycles. The zero-order valence-electron chi connectivity index (χ0n) is 7.71. The van der Waals surface area contributed by atoms with Gasteiger partial charge in [0.05, 0.1) is 13.2 Å². The van der Waals surface area contributed by atoms with Gasteiger partial charge < -0.3 is 15.5 Å². The van der Waals surface area contributed by atoms with E-state index in [0.717, 1.165) is 25.7 Å². The van der Waals surface area contributed by atoms with Crippen LogP contribution in [0.1, 0.15) is 25.7 Å². The highest BCUT2D eigenvalue weighted by Gasteiger charge is 2.33. The summed E-state index contributed by atoms with van der Waals surface area (Å²) >= 11 is 0. The molecule has 72 valence electrons. The Bertz CT molecular complexity index is 124. The first-order chi connectivity index (χ1) is 5.76. The maximum absolute atomic E-state index is 9.12. The minimum Gasteiger partial charge on any atom is -0.396 e. The standard InChI is InChI=1S/C9H19NO2/c1-10-8-2-4-9(6-11,7-12)5-3-8/h8,10-12H,2-7H2,1H3. The van der Waals surface area contributed by atoms with Gasteiger partial charge in [-0.25, -0.2) is 0 Å². The Morgan fingerprint density at radius 3 is 2.08 bits per heavy atom. The fourth-order valence-corrected chi connectivity index (χ4v) is 1.89. The van der Waals surface area contributed by atoms with Crippen LogP contribution in [-0.2, 0) is 0 Å². The maximum atomic E-state index is 9.12. The molecule has 0 atom stereocenters. The summed E-state index contributed by atoms with van der Waals surface area (Å²) < 4.78 is 0. The molecule has 0 amide bonds. The maximum Gasteiger partial charge on any atom is 0.0509 e. The lowest BCUT2D eigenvalue weighted by molar-refractivity contribution is 0.0169. The molecule has 3 heteroatoms. The van der Waals surface area contributed by atoms with E-state index < -0.39 is 0 Å². The van der Waals surface area contributed by atoms with Crippen molar-refractivity contribution in [2.24, 2.45) is 5.41 Å². The highest BCUT2D eigenvalue weighted by Crippen LogP contribution is 2.35. The lowest BCUT2D eigenvalue weighted by atomic mass is 9.73. The summed E-state index contributed by atoms with van der Waals surface area (Å²) in [6.07, 6.45) is 4.01. The molecule has 3 N–H and O–H groups in total. The quantitative estimate of drug-likeness (QED) is 0.568. The molecule has 0 aromatic rings. The van der Waals surface area contributed by atoms with Crippen molar-refractivity contribution >= 4 is 0 Å². The van der Waals surface area contributed by atoms with Crippen LogP contribution < -0.4 is 5.32 Å². The average Bonchev–Trinajstić information content (AvgIpc) is 2.18. The third-order valence-corrected chi connectivity index (χ3v) is 3.13. The number of hydrogen-bond acceptors (Lipinski definition) is 3. The molecular formula is C9H19NO2. The highest BCUT2D eigenvalue weighted by molar-refractivity contribution is 4.86. The van der Waals surface area contributed by atoms with Crippen molar-refractivity contribution < 1.29 is 10.2 Å². The molecule has 0 saturated heterocycles. The summed E-state index contributed by atoms with van der Waals surface area (Å²) in [6.45, 7) is 0.250. The first kappa shape index (κ1) is 9.96. The fraction of sp³-hybridized carbons (Fsp3) is 1.00. The molecule has 0 aromatic heterocycles. The lowest BCUT2D eigenvalue weighted by Gasteiger charge is -2.37. The van der Waals surface area contributed by atoms with Gasteiger partial charge in [-0.1, -0.05) is 0 Å². The van der Waals surface area contributed by atoms with Crippen LogP contribution >= 0.6 is 0 Å². The molecule has 12 heavy (non-hydrogen) atoms. The molecule has 0 heterocycles. The predicted molar refractivity (Wildman–Crippen MR) is 47.9 cm³/mol. The molecule has 0 unspecified atom stereocenters. The molecule has 0 radical (unpaired) electrons. The van der Waals surface area contributed by atoms with Gasteiger partial charge in [-0.15, -0.1) is 0 Å². The van der Waals surface area contributed by atoms with Crippen LogP contribution in [-0.4, -0.2) is 36.5 Å². The number of aliphatic hydroxyl groups excluding tert-OH is 2. The van der Waals surface area contributed by atoms with E-state index in [9.17, 15) is 0 Å². The molecule has 0 aromatic carbocycles. The Hall–Kier alpha value is -0.120. The van der Waals surface area contributed by atoms with Crippen molar-refractivity contribution in [1.29, 1.82) is 0 Å². The minimum atomic E-state index is -0.187. The monoisotopic (exact) mass is 173 g/mol. The lowest BCUT2D eigenvalue weighted by Crippen LogP contribution is -2.40. The molecule has 1 aliphatic rings. The van der Waals surface area contributed by atoms with E-state index in [1.54, 1.807) is 0 Å². The van der Waals surface area contributed by atoms with Crippen molar-refractivity contribution in [2.45, 2.75) is 31.7 Å². The number of nitrogens with one attached hydrogen (secondary N) is 1. The molecule has 0 aliphatic heterocycles. The minimum absolute atomic E-state index is 0.125. The van der Waals surface area contributed by atoms with Gasteiger partial charge in [-0.3, -0.25) is 0 Å². The molecule has 0 bridgehead atoms. The SMILES string of the molecule is CNC1CCC(CO)(CO)CC1. The molecule has 3 nitrogen and oxygen atoms in total. The van der Waals surface area contributed by atoms with E-state index in [0.29, 0.717) is 6.04 Å². The zero-order chi connectivity index (χ0) is 9.03. The Kier molecular flexibility index (Phi) is 3.50. The second-order valence-corrected chi connectivity index (χ2v) is 3.88. The van der Waals surface area contributed by atoms with Crippen molar-refractivity contribution in [3.63, 3.8) is 0 Å². The first-order valence-electron chi connectivity index (χ1n) is 4.65. The van der Waals surface area contributed by atoms with Gasteiger partial charge in [-0.2, -0.15) is 0 Å². The second-order valence-electron chi connectivity index (χ2n) is 3.88. The van der Waals surface area contributed by atoms with Crippen LogP contribution in [0.2, 0.25) is 0 Å². The molecule has 1 aliphatic carbocycles. The van der Waals surface area contributed by atoms with E-state index in [4.69, 9.17) is 10.2 Å². The van der Waals surface area contributed by atoms with Gasteiger partial charge in [0.15, 0.2) is 0 Å². The van der Waals surface area contributed by atoms with Crippen LogP contribution in [0.15, 0.2) is 0 Å². The first-order valence-corrected chi connectivity index (χ1v) is 4.65. The Labute approximate surface area is 73.8 Å². The van der Waals surface area contributed by atoms with Gasteiger partial charge in [0.2, 0.25) is 0 Å². The van der Waals surface area contributed by atoms with Crippen LogP contribution in [0, 0.1) is 5.41 Å². The van der Waals surface area contributed by atoms with E-state index in [-0.39, 0.29) is 18.6 Å².